The van der Waals surface area contributed by atoms with Crippen LogP contribution in [0.4, 0.5) is 0 Å². The van der Waals surface area contributed by atoms with E-state index in [1.165, 1.54) is 5.56 Å². The molecule has 2 nitrogen and oxygen atoms in total. The van der Waals surface area contributed by atoms with Crippen LogP contribution in [0.2, 0.25) is 0 Å². The van der Waals surface area contributed by atoms with Crippen molar-refractivity contribution < 1.29 is 4.74 Å². The monoisotopic (exact) mass is 213 g/mol. The lowest BCUT2D eigenvalue weighted by atomic mass is 10.2. The van der Waals surface area contributed by atoms with Gasteiger partial charge in [-0.25, -0.2) is 0 Å². The highest BCUT2D eigenvalue weighted by Gasteiger charge is 1.93. The summed E-state index contributed by atoms with van der Waals surface area (Å²) in [7, 11) is 0. The SMILES string of the molecule is C=C(CN)COCc1ccccc1.Cl. The topological polar surface area (TPSA) is 35.2 Å². The van der Waals surface area contributed by atoms with Crippen LogP contribution in [-0.2, 0) is 11.3 Å². The minimum absolute atomic E-state index is 0. The highest BCUT2D eigenvalue weighted by Crippen LogP contribution is 2.01. The molecule has 2 N–H and O–H groups in total. The summed E-state index contributed by atoms with van der Waals surface area (Å²) in [6, 6.07) is 10.0. The first kappa shape index (κ1) is 13.2. The third-order valence-corrected chi connectivity index (χ3v) is 1.71. The number of benzene rings is 1. The normalized spacial score (nSPS) is 9.21. The molecule has 0 heterocycles. The third-order valence-electron chi connectivity index (χ3n) is 1.71. The number of nitrogens with two attached hydrogens (primary N) is 1. The molecule has 0 saturated heterocycles. The van der Waals surface area contributed by atoms with Gasteiger partial charge < -0.3 is 10.5 Å². The van der Waals surface area contributed by atoms with Crippen LogP contribution in [-0.4, -0.2) is 13.2 Å². The van der Waals surface area contributed by atoms with E-state index in [2.05, 4.69) is 6.58 Å². The van der Waals surface area contributed by atoms with Gasteiger partial charge in [-0.3, -0.25) is 0 Å². The Hall–Kier alpha value is -0.830. The number of ether oxygens (including phenoxy) is 1. The van der Waals surface area contributed by atoms with Crippen LogP contribution >= 0.6 is 12.4 Å². The summed E-state index contributed by atoms with van der Waals surface area (Å²) in [6.07, 6.45) is 0. The Morgan fingerprint density at radius 1 is 1.29 bits per heavy atom. The average Bonchev–Trinajstić information content (AvgIpc) is 2.19. The molecule has 0 spiro atoms. The Labute approximate surface area is 91.2 Å². The van der Waals surface area contributed by atoms with Crippen LogP contribution in [0.3, 0.4) is 0 Å². The summed E-state index contributed by atoms with van der Waals surface area (Å²) >= 11 is 0. The maximum Gasteiger partial charge on any atom is 0.0721 e. The van der Waals surface area contributed by atoms with Gasteiger partial charge in [-0.05, 0) is 11.1 Å². The van der Waals surface area contributed by atoms with Gasteiger partial charge in [0.25, 0.3) is 0 Å². The fourth-order valence-electron chi connectivity index (χ4n) is 0.946. The van der Waals surface area contributed by atoms with Gasteiger partial charge in [-0.15, -0.1) is 12.4 Å². The van der Waals surface area contributed by atoms with E-state index in [9.17, 15) is 0 Å². The molecule has 0 radical (unpaired) electrons. The summed E-state index contributed by atoms with van der Waals surface area (Å²) in [5.41, 5.74) is 7.47. The lowest BCUT2D eigenvalue weighted by Crippen LogP contribution is -2.07. The maximum absolute atomic E-state index is 5.39. The van der Waals surface area contributed by atoms with Crippen molar-refractivity contribution in [1.29, 1.82) is 0 Å². The van der Waals surface area contributed by atoms with E-state index in [1.807, 2.05) is 30.3 Å². The van der Waals surface area contributed by atoms with Crippen molar-refractivity contribution in [1.82, 2.24) is 0 Å². The molecule has 78 valence electrons. The molecule has 1 aromatic rings. The highest BCUT2D eigenvalue weighted by molar-refractivity contribution is 5.85. The molecule has 0 amide bonds. The second-order valence-corrected chi connectivity index (χ2v) is 2.93. The Balaban J connectivity index is 0.00000169. The van der Waals surface area contributed by atoms with Crippen molar-refractivity contribution in [3.63, 3.8) is 0 Å². The van der Waals surface area contributed by atoms with Gasteiger partial charge in [0, 0.05) is 6.54 Å². The number of hydrogen-bond acceptors (Lipinski definition) is 2. The van der Waals surface area contributed by atoms with E-state index in [-0.39, 0.29) is 12.4 Å². The van der Waals surface area contributed by atoms with Crippen molar-refractivity contribution >= 4 is 12.4 Å². The number of hydrogen-bond donors (Lipinski definition) is 1. The molecule has 0 aliphatic carbocycles. The van der Waals surface area contributed by atoms with Crippen LogP contribution in [0.25, 0.3) is 0 Å². The average molecular weight is 214 g/mol. The summed E-state index contributed by atoms with van der Waals surface area (Å²) < 4.78 is 5.39. The van der Waals surface area contributed by atoms with E-state index >= 15 is 0 Å². The van der Waals surface area contributed by atoms with E-state index in [0.29, 0.717) is 19.8 Å². The minimum atomic E-state index is 0. The lowest BCUT2D eigenvalue weighted by molar-refractivity contribution is 0.142. The van der Waals surface area contributed by atoms with Gasteiger partial charge in [-0.2, -0.15) is 0 Å². The van der Waals surface area contributed by atoms with Gasteiger partial charge in [0.2, 0.25) is 0 Å². The smallest absolute Gasteiger partial charge is 0.0721 e. The molecule has 0 aliphatic rings. The number of rotatable bonds is 5. The standard InChI is InChI=1S/C11H15NO.ClH/c1-10(7-12)8-13-9-11-5-3-2-4-6-11;/h2-6H,1,7-9,12H2;1H. The van der Waals surface area contributed by atoms with Crippen molar-refractivity contribution in [2.45, 2.75) is 6.61 Å². The van der Waals surface area contributed by atoms with Crippen molar-refractivity contribution in [3.05, 3.63) is 48.0 Å². The minimum Gasteiger partial charge on any atom is -0.372 e. The molecule has 0 atom stereocenters. The maximum atomic E-state index is 5.39. The van der Waals surface area contributed by atoms with Crippen molar-refractivity contribution in [3.8, 4) is 0 Å². The Morgan fingerprint density at radius 2 is 1.93 bits per heavy atom. The van der Waals surface area contributed by atoms with Crippen molar-refractivity contribution in [2.75, 3.05) is 13.2 Å². The van der Waals surface area contributed by atoms with E-state index in [1.54, 1.807) is 0 Å². The highest BCUT2D eigenvalue weighted by atomic mass is 35.5. The van der Waals surface area contributed by atoms with Crippen LogP contribution in [0.1, 0.15) is 5.56 Å². The van der Waals surface area contributed by atoms with Crippen molar-refractivity contribution in [2.24, 2.45) is 5.73 Å². The number of halogens is 1. The largest absolute Gasteiger partial charge is 0.372 e. The molecule has 0 aromatic heterocycles. The zero-order valence-electron chi connectivity index (χ0n) is 8.11. The van der Waals surface area contributed by atoms with E-state index in [0.717, 1.165) is 5.57 Å². The Morgan fingerprint density at radius 3 is 2.50 bits per heavy atom. The quantitative estimate of drug-likeness (QED) is 0.761. The Kier molecular flexibility index (Phi) is 7.11. The molecule has 14 heavy (non-hydrogen) atoms. The second kappa shape index (κ2) is 7.56. The molecule has 1 rings (SSSR count). The molecule has 0 saturated carbocycles. The Bertz CT molecular complexity index is 261. The van der Waals surface area contributed by atoms with Crippen LogP contribution in [0.5, 0.6) is 0 Å². The van der Waals surface area contributed by atoms with Crippen LogP contribution in [0, 0.1) is 0 Å². The van der Waals surface area contributed by atoms with E-state index < -0.39 is 0 Å². The molecule has 0 fully saturated rings. The second-order valence-electron chi connectivity index (χ2n) is 2.93. The molecule has 1 aromatic carbocycles. The van der Waals surface area contributed by atoms with Crippen LogP contribution in [0.15, 0.2) is 42.5 Å². The first-order valence-electron chi connectivity index (χ1n) is 4.31. The molecule has 0 aliphatic heterocycles. The molecule has 0 bridgehead atoms. The first-order chi connectivity index (χ1) is 6.33. The summed E-state index contributed by atoms with van der Waals surface area (Å²) in [5, 5.41) is 0. The van der Waals surface area contributed by atoms with Gasteiger partial charge in [0.05, 0.1) is 13.2 Å². The third kappa shape index (κ3) is 5.02. The summed E-state index contributed by atoms with van der Waals surface area (Å²) in [4.78, 5) is 0. The van der Waals surface area contributed by atoms with E-state index in [4.69, 9.17) is 10.5 Å². The predicted molar refractivity (Wildman–Crippen MR) is 61.5 cm³/mol. The van der Waals surface area contributed by atoms with Crippen LogP contribution < -0.4 is 5.73 Å². The molecule has 0 unspecified atom stereocenters. The zero-order chi connectivity index (χ0) is 9.52. The molecular weight excluding hydrogens is 198 g/mol. The van der Waals surface area contributed by atoms with Gasteiger partial charge in [-0.1, -0.05) is 36.9 Å². The summed E-state index contributed by atoms with van der Waals surface area (Å²) in [5.74, 6) is 0. The van der Waals surface area contributed by atoms with Gasteiger partial charge in [0.1, 0.15) is 0 Å². The zero-order valence-corrected chi connectivity index (χ0v) is 8.93. The molecule has 3 heteroatoms. The first-order valence-corrected chi connectivity index (χ1v) is 4.31. The summed E-state index contributed by atoms with van der Waals surface area (Å²) in [6.45, 7) is 5.42. The van der Waals surface area contributed by atoms with Gasteiger partial charge >= 0.3 is 0 Å². The molecular formula is C11H16ClNO. The fraction of sp³-hybridized carbons (Fsp3) is 0.273. The predicted octanol–water partition coefficient (Wildman–Crippen LogP) is 2.14. The fourth-order valence-corrected chi connectivity index (χ4v) is 0.946. The van der Waals surface area contributed by atoms with Gasteiger partial charge in [0.15, 0.2) is 0 Å². The lowest BCUT2D eigenvalue weighted by Gasteiger charge is -2.04.